The molecule has 0 spiro atoms. The van der Waals surface area contributed by atoms with Crippen molar-refractivity contribution in [2.24, 2.45) is 11.8 Å². The molecule has 5 heteroatoms. The molecule has 1 saturated carbocycles. The number of carbonyl (C=O) groups excluding carboxylic acids is 3. The number of amides is 2. The molecule has 19 heavy (non-hydrogen) atoms. The first-order valence-electron chi connectivity index (χ1n) is 6.82. The summed E-state index contributed by atoms with van der Waals surface area (Å²) in [4.78, 5) is 37.5. The van der Waals surface area contributed by atoms with Gasteiger partial charge in [0.1, 0.15) is 11.6 Å². The minimum atomic E-state index is -0.829. The van der Waals surface area contributed by atoms with Crippen LogP contribution in [0.5, 0.6) is 0 Å². The van der Waals surface area contributed by atoms with Crippen LogP contribution in [0.4, 0.5) is 0 Å². The van der Waals surface area contributed by atoms with Crippen molar-refractivity contribution in [3.63, 3.8) is 0 Å². The minimum Gasteiger partial charge on any atom is -0.458 e. The van der Waals surface area contributed by atoms with Crippen LogP contribution in [0.25, 0.3) is 0 Å². The van der Waals surface area contributed by atoms with Crippen molar-refractivity contribution in [1.82, 2.24) is 4.90 Å². The Morgan fingerprint density at radius 1 is 1.21 bits per heavy atom. The number of hydrogen-bond acceptors (Lipinski definition) is 4. The number of hydrogen-bond donors (Lipinski definition) is 0. The largest absolute Gasteiger partial charge is 0.458 e. The Hall–Kier alpha value is -1.39. The van der Waals surface area contributed by atoms with Crippen molar-refractivity contribution in [2.75, 3.05) is 0 Å². The van der Waals surface area contributed by atoms with Gasteiger partial charge in [-0.25, -0.2) is 4.79 Å². The third-order valence-electron chi connectivity index (χ3n) is 3.76. The van der Waals surface area contributed by atoms with Crippen LogP contribution >= 0.6 is 0 Å². The number of esters is 1. The standard InChI is InChI=1S/C14H21NO4/c1-8(13(18)19-14(2,3)4)15-11(16)9-6-5-7-10(9)12(15)17/h8-10H,5-7H2,1-4H3. The second-order valence-corrected chi connectivity index (χ2v) is 6.40. The number of nitrogens with zero attached hydrogens (tertiary/aromatic N) is 1. The molecule has 3 unspecified atom stereocenters. The molecular weight excluding hydrogens is 246 g/mol. The predicted octanol–water partition coefficient (Wildman–Crippen LogP) is 1.50. The lowest BCUT2D eigenvalue weighted by molar-refractivity contribution is -0.166. The molecule has 0 N–H and O–H groups in total. The van der Waals surface area contributed by atoms with Crippen molar-refractivity contribution in [2.45, 2.75) is 58.6 Å². The molecule has 2 amide bonds. The maximum absolute atomic E-state index is 12.2. The highest BCUT2D eigenvalue weighted by Gasteiger charge is 2.52. The van der Waals surface area contributed by atoms with Gasteiger partial charge in [-0.1, -0.05) is 6.42 Å². The SMILES string of the molecule is CC(C(=O)OC(C)(C)C)N1C(=O)C2CCCC2C1=O. The van der Waals surface area contributed by atoms with Gasteiger partial charge in [0.2, 0.25) is 11.8 Å². The van der Waals surface area contributed by atoms with Crippen molar-refractivity contribution in [3.05, 3.63) is 0 Å². The number of ether oxygens (including phenoxy) is 1. The maximum atomic E-state index is 12.2. The summed E-state index contributed by atoms with van der Waals surface area (Å²) in [5.41, 5.74) is -0.618. The van der Waals surface area contributed by atoms with E-state index in [2.05, 4.69) is 0 Å². The van der Waals surface area contributed by atoms with Gasteiger partial charge in [0.15, 0.2) is 0 Å². The number of fused-ring (bicyclic) bond motifs is 1. The molecule has 2 rings (SSSR count). The summed E-state index contributed by atoms with van der Waals surface area (Å²) in [6.45, 7) is 6.85. The average Bonchev–Trinajstić information content (AvgIpc) is 2.81. The highest BCUT2D eigenvalue weighted by Crippen LogP contribution is 2.40. The Morgan fingerprint density at radius 2 is 1.68 bits per heavy atom. The first-order chi connectivity index (χ1) is 8.72. The molecule has 0 radical (unpaired) electrons. The molecule has 2 fully saturated rings. The second-order valence-electron chi connectivity index (χ2n) is 6.40. The van der Waals surface area contributed by atoms with Crippen LogP contribution in [0, 0.1) is 11.8 Å². The van der Waals surface area contributed by atoms with E-state index in [4.69, 9.17) is 4.74 Å². The van der Waals surface area contributed by atoms with Gasteiger partial charge in [-0.05, 0) is 40.5 Å². The van der Waals surface area contributed by atoms with E-state index in [-0.39, 0.29) is 23.7 Å². The zero-order chi connectivity index (χ0) is 14.4. The van der Waals surface area contributed by atoms with Gasteiger partial charge in [-0.3, -0.25) is 14.5 Å². The third kappa shape index (κ3) is 2.51. The maximum Gasteiger partial charge on any atom is 0.329 e. The van der Waals surface area contributed by atoms with Crippen LogP contribution in [0.15, 0.2) is 0 Å². The number of rotatable bonds is 2. The van der Waals surface area contributed by atoms with Gasteiger partial charge in [-0.15, -0.1) is 0 Å². The van der Waals surface area contributed by atoms with E-state index in [1.807, 2.05) is 0 Å². The van der Waals surface area contributed by atoms with Crippen LogP contribution in [-0.2, 0) is 19.1 Å². The zero-order valence-electron chi connectivity index (χ0n) is 11.9. The fourth-order valence-electron chi connectivity index (χ4n) is 2.89. The van der Waals surface area contributed by atoms with E-state index >= 15 is 0 Å². The second kappa shape index (κ2) is 4.62. The van der Waals surface area contributed by atoms with Gasteiger partial charge in [0, 0.05) is 0 Å². The Bertz CT molecular complexity index is 402. The molecule has 0 aromatic heterocycles. The Kier molecular flexibility index (Phi) is 3.41. The van der Waals surface area contributed by atoms with Gasteiger partial charge >= 0.3 is 5.97 Å². The van der Waals surface area contributed by atoms with E-state index in [1.165, 1.54) is 0 Å². The topological polar surface area (TPSA) is 63.7 Å². The zero-order valence-corrected chi connectivity index (χ0v) is 11.9. The van der Waals surface area contributed by atoms with Crippen LogP contribution in [0.3, 0.4) is 0 Å². The molecule has 1 aliphatic heterocycles. The molecule has 2 aliphatic rings. The smallest absolute Gasteiger partial charge is 0.329 e. The Balaban J connectivity index is 2.12. The van der Waals surface area contributed by atoms with Crippen molar-refractivity contribution in [1.29, 1.82) is 0 Å². The summed E-state index contributed by atoms with van der Waals surface area (Å²) in [6.07, 6.45) is 2.43. The normalized spacial score (nSPS) is 28.5. The average molecular weight is 267 g/mol. The molecule has 1 heterocycles. The quantitative estimate of drug-likeness (QED) is 0.562. The fraction of sp³-hybridized carbons (Fsp3) is 0.786. The molecule has 1 saturated heterocycles. The van der Waals surface area contributed by atoms with Crippen molar-refractivity contribution >= 4 is 17.8 Å². The Labute approximate surface area is 113 Å². The summed E-state index contributed by atoms with van der Waals surface area (Å²) in [7, 11) is 0. The van der Waals surface area contributed by atoms with Gasteiger partial charge in [0.05, 0.1) is 11.8 Å². The molecule has 0 aromatic rings. The number of carbonyl (C=O) groups is 3. The van der Waals surface area contributed by atoms with E-state index in [9.17, 15) is 14.4 Å². The summed E-state index contributed by atoms with van der Waals surface area (Å²) in [6, 6.07) is -0.829. The monoisotopic (exact) mass is 267 g/mol. The van der Waals surface area contributed by atoms with Crippen LogP contribution in [0.1, 0.15) is 47.0 Å². The fourth-order valence-corrected chi connectivity index (χ4v) is 2.89. The first kappa shape index (κ1) is 14.0. The van der Waals surface area contributed by atoms with Crippen LogP contribution in [-0.4, -0.2) is 34.3 Å². The summed E-state index contributed by atoms with van der Waals surface area (Å²) >= 11 is 0. The summed E-state index contributed by atoms with van der Waals surface area (Å²) in [5.74, 6) is -1.35. The molecule has 106 valence electrons. The van der Waals surface area contributed by atoms with E-state index in [0.29, 0.717) is 0 Å². The summed E-state index contributed by atoms with van der Waals surface area (Å²) in [5, 5.41) is 0. The molecular formula is C14H21NO4. The lowest BCUT2D eigenvalue weighted by Gasteiger charge is -2.26. The van der Waals surface area contributed by atoms with E-state index in [0.717, 1.165) is 24.2 Å². The van der Waals surface area contributed by atoms with Crippen LogP contribution in [0.2, 0.25) is 0 Å². The molecule has 5 nitrogen and oxygen atoms in total. The van der Waals surface area contributed by atoms with Crippen molar-refractivity contribution < 1.29 is 19.1 Å². The molecule has 1 aliphatic carbocycles. The van der Waals surface area contributed by atoms with Crippen molar-refractivity contribution in [3.8, 4) is 0 Å². The molecule has 0 bridgehead atoms. The Morgan fingerprint density at radius 3 is 2.11 bits per heavy atom. The number of likely N-dealkylation sites (tertiary alicyclic amines) is 1. The molecule has 3 atom stereocenters. The van der Waals surface area contributed by atoms with E-state index < -0.39 is 17.6 Å². The first-order valence-corrected chi connectivity index (χ1v) is 6.82. The predicted molar refractivity (Wildman–Crippen MR) is 68.0 cm³/mol. The third-order valence-corrected chi connectivity index (χ3v) is 3.76. The highest BCUT2D eigenvalue weighted by molar-refractivity contribution is 6.08. The summed E-state index contributed by atoms with van der Waals surface area (Å²) < 4.78 is 5.25. The van der Waals surface area contributed by atoms with Crippen LogP contribution < -0.4 is 0 Å². The van der Waals surface area contributed by atoms with E-state index in [1.54, 1.807) is 27.7 Å². The number of imide groups is 1. The van der Waals surface area contributed by atoms with Gasteiger partial charge < -0.3 is 4.74 Å². The lowest BCUT2D eigenvalue weighted by Crippen LogP contribution is -2.46. The van der Waals surface area contributed by atoms with Gasteiger partial charge in [-0.2, -0.15) is 0 Å². The minimum absolute atomic E-state index is 0.203. The van der Waals surface area contributed by atoms with Gasteiger partial charge in [0.25, 0.3) is 0 Å². The lowest BCUT2D eigenvalue weighted by atomic mass is 10.00. The highest BCUT2D eigenvalue weighted by atomic mass is 16.6. The molecule has 0 aromatic carbocycles.